The second-order valence-corrected chi connectivity index (χ2v) is 7.18. The minimum absolute atomic E-state index is 0.0525. The smallest absolute Gasteiger partial charge is 0.295 e. The molecule has 1 heterocycles. The molecule has 1 unspecified atom stereocenters. The van der Waals surface area contributed by atoms with Crippen LogP contribution in [0.3, 0.4) is 0 Å². The molecule has 1 amide bonds. The van der Waals surface area contributed by atoms with Crippen LogP contribution < -0.4 is 4.74 Å². The van der Waals surface area contributed by atoms with Gasteiger partial charge >= 0.3 is 0 Å². The number of benzene rings is 2. The Morgan fingerprint density at radius 1 is 1.14 bits per heavy atom. The first-order chi connectivity index (χ1) is 13.5. The van der Waals surface area contributed by atoms with Gasteiger partial charge in [0.25, 0.3) is 11.7 Å². The van der Waals surface area contributed by atoms with Crippen molar-refractivity contribution in [1.29, 1.82) is 0 Å². The highest BCUT2D eigenvalue weighted by Crippen LogP contribution is 2.39. The van der Waals surface area contributed by atoms with Crippen LogP contribution in [-0.2, 0) is 14.3 Å². The molecule has 0 aliphatic carbocycles. The summed E-state index contributed by atoms with van der Waals surface area (Å²) in [7, 11) is 3.05. The number of halogens is 1. The van der Waals surface area contributed by atoms with Gasteiger partial charge in [0.2, 0.25) is 0 Å². The molecule has 1 fully saturated rings. The predicted octanol–water partition coefficient (Wildman–Crippen LogP) is 3.53. The Balaban J connectivity index is 2.15. The number of ketones is 1. The van der Waals surface area contributed by atoms with E-state index in [1.54, 1.807) is 24.3 Å². The van der Waals surface area contributed by atoms with Gasteiger partial charge in [0, 0.05) is 23.7 Å². The van der Waals surface area contributed by atoms with Gasteiger partial charge in [0.05, 0.1) is 25.3 Å². The summed E-state index contributed by atoms with van der Waals surface area (Å²) in [6, 6.07) is 13.3. The molecule has 3 rings (SSSR count). The highest BCUT2D eigenvalue weighted by Gasteiger charge is 2.45. The fourth-order valence-electron chi connectivity index (χ4n) is 3.22. The van der Waals surface area contributed by atoms with Gasteiger partial charge < -0.3 is 19.5 Å². The maximum atomic E-state index is 12.8. The third kappa shape index (κ3) is 3.81. The lowest BCUT2D eigenvalue weighted by Crippen LogP contribution is -2.32. The number of Topliss-reactive ketones (excluding diaryl/α,β-unsaturated/α-hetero) is 1. The van der Waals surface area contributed by atoms with E-state index in [2.05, 4.69) is 15.9 Å². The third-order valence-corrected chi connectivity index (χ3v) is 5.13. The minimum atomic E-state index is -0.718. The van der Waals surface area contributed by atoms with E-state index in [4.69, 9.17) is 9.47 Å². The molecule has 1 atom stereocenters. The zero-order chi connectivity index (χ0) is 20.3. The van der Waals surface area contributed by atoms with Crippen molar-refractivity contribution in [3.05, 3.63) is 69.7 Å². The van der Waals surface area contributed by atoms with Gasteiger partial charge in [-0.2, -0.15) is 0 Å². The Hall–Kier alpha value is -2.64. The standard InChI is InChI=1S/C21H20BrNO5/c1-27-11-10-23-18(13-6-8-15(22)9-7-13)17(20(25)21(23)26)19(24)14-4-3-5-16(12-14)28-2/h3-9,12,18,24H,10-11H2,1-2H3/b19-17+. The topological polar surface area (TPSA) is 76.1 Å². The Labute approximate surface area is 171 Å². The van der Waals surface area contributed by atoms with Crippen LogP contribution in [0.1, 0.15) is 17.2 Å². The van der Waals surface area contributed by atoms with Crippen molar-refractivity contribution in [1.82, 2.24) is 4.90 Å². The summed E-state index contributed by atoms with van der Waals surface area (Å²) < 4.78 is 11.2. The molecule has 1 aliphatic rings. The molecule has 28 heavy (non-hydrogen) atoms. The molecule has 7 heteroatoms. The normalized spacial score (nSPS) is 18.5. The van der Waals surface area contributed by atoms with Crippen molar-refractivity contribution >= 4 is 33.4 Å². The van der Waals surface area contributed by atoms with Crippen molar-refractivity contribution in [2.24, 2.45) is 0 Å². The summed E-state index contributed by atoms with van der Waals surface area (Å²) in [5, 5.41) is 10.9. The molecular weight excluding hydrogens is 426 g/mol. The maximum Gasteiger partial charge on any atom is 0.295 e. The number of amides is 1. The van der Waals surface area contributed by atoms with E-state index in [-0.39, 0.29) is 24.5 Å². The first-order valence-corrected chi connectivity index (χ1v) is 9.44. The number of rotatable bonds is 6. The summed E-state index contributed by atoms with van der Waals surface area (Å²) >= 11 is 3.39. The number of ether oxygens (including phenoxy) is 2. The summed E-state index contributed by atoms with van der Waals surface area (Å²) in [6.45, 7) is 0.510. The third-order valence-electron chi connectivity index (χ3n) is 4.61. The fourth-order valence-corrected chi connectivity index (χ4v) is 3.48. The highest BCUT2D eigenvalue weighted by atomic mass is 79.9. The second kappa shape index (κ2) is 8.58. The van der Waals surface area contributed by atoms with Crippen molar-refractivity contribution in [2.75, 3.05) is 27.4 Å². The van der Waals surface area contributed by atoms with Crippen LogP contribution >= 0.6 is 15.9 Å². The number of nitrogens with zero attached hydrogens (tertiary/aromatic N) is 1. The van der Waals surface area contributed by atoms with Gasteiger partial charge in [0.1, 0.15) is 11.5 Å². The zero-order valence-corrected chi connectivity index (χ0v) is 17.1. The number of carbonyl (C=O) groups excluding carboxylic acids is 2. The van der Waals surface area contributed by atoms with Crippen LogP contribution in [0.25, 0.3) is 5.76 Å². The molecule has 1 saturated heterocycles. The van der Waals surface area contributed by atoms with E-state index in [9.17, 15) is 14.7 Å². The number of methoxy groups -OCH3 is 2. The minimum Gasteiger partial charge on any atom is -0.507 e. The molecule has 0 bridgehead atoms. The van der Waals surface area contributed by atoms with Crippen molar-refractivity contribution < 1.29 is 24.2 Å². The Bertz CT molecular complexity index is 923. The van der Waals surface area contributed by atoms with Crippen LogP contribution in [0, 0.1) is 0 Å². The van der Waals surface area contributed by atoms with Crippen LogP contribution in [0.15, 0.2) is 58.6 Å². The lowest BCUT2D eigenvalue weighted by Gasteiger charge is -2.25. The van der Waals surface area contributed by atoms with E-state index < -0.39 is 17.7 Å². The van der Waals surface area contributed by atoms with Crippen LogP contribution in [0.4, 0.5) is 0 Å². The lowest BCUT2D eigenvalue weighted by atomic mass is 9.95. The second-order valence-electron chi connectivity index (χ2n) is 6.27. The summed E-state index contributed by atoms with van der Waals surface area (Å²) in [5.74, 6) is -1.07. The summed E-state index contributed by atoms with van der Waals surface area (Å²) in [4.78, 5) is 26.9. The first kappa shape index (κ1) is 20.1. The molecule has 1 aliphatic heterocycles. The molecule has 0 saturated carbocycles. The number of hydrogen-bond acceptors (Lipinski definition) is 5. The van der Waals surface area contributed by atoms with Gasteiger partial charge in [-0.15, -0.1) is 0 Å². The SMILES string of the molecule is COCCN1C(=O)C(=O)/C(=C(/O)c2cccc(OC)c2)C1c1ccc(Br)cc1. The molecule has 2 aromatic rings. The molecule has 1 N–H and O–H groups in total. The average molecular weight is 446 g/mol. The van der Waals surface area contributed by atoms with Gasteiger partial charge in [-0.25, -0.2) is 0 Å². The maximum absolute atomic E-state index is 12.8. The quantitative estimate of drug-likeness (QED) is 0.418. The number of aliphatic hydroxyl groups is 1. The van der Waals surface area contributed by atoms with Crippen molar-refractivity contribution in [3.8, 4) is 5.75 Å². The monoisotopic (exact) mass is 445 g/mol. The molecule has 2 aromatic carbocycles. The Kier molecular flexibility index (Phi) is 6.16. The predicted molar refractivity (Wildman–Crippen MR) is 108 cm³/mol. The zero-order valence-electron chi connectivity index (χ0n) is 15.5. The average Bonchev–Trinajstić information content (AvgIpc) is 2.97. The molecule has 0 aromatic heterocycles. The molecule has 146 valence electrons. The van der Waals surface area contributed by atoms with E-state index >= 15 is 0 Å². The molecule has 6 nitrogen and oxygen atoms in total. The van der Waals surface area contributed by atoms with E-state index in [0.717, 1.165) is 10.0 Å². The largest absolute Gasteiger partial charge is 0.507 e. The first-order valence-electron chi connectivity index (χ1n) is 8.65. The number of carbonyl (C=O) groups is 2. The Morgan fingerprint density at radius 2 is 1.86 bits per heavy atom. The highest BCUT2D eigenvalue weighted by molar-refractivity contribution is 9.10. The van der Waals surface area contributed by atoms with Gasteiger partial charge in [0.15, 0.2) is 0 Å². The van der Waals surface area contributed by atoms with Crippen LogP contribution in [0.2, 0.25) is 0 Å². The summed E-state index contributed by atoms with van der Waals surface area (Å²) in [6.07, 6.45) is 0. The number of aliphatic hydroxyl groups excluding tert-OH is 1. The molecule has 0 spiro atoms. The molecular formula is C21H20BrNO5. The van der Waals surface area contributed by atoms with E-state index in [0.29, 0.717) is 11.3 Å². The fraction of sp³-hybridized carbons (Fsp3) is 0.238. The van der Waals surface area contributed by atoms with Gasteiger partial charge in [-0.1, -0.05) is 40.2 Å². The van der Waals surface area contributed by atoms with Gasteiger partial charge in [-0.3, -0.25) is 9.59 Å². The lowest BCUT2D eigenvalue weighted by molar-refractivity contribution is -0.140. The Morgan fingerprint density at radius 3 is 2.50 bits per heavy atom. The van der Waals surface area contributed by atoms with E-state index in [1.807, 2.05) is 24.3 Å². The van der Waals surface area contributed by atoms with Crippen molar-refractivity contribution in [3.63, 3.8) is 0 Å². The number of likely N-dealkylation sites (tertiary alicyclic amines) is 1. The number of hydrogen-bond donors (Lipinski definition) is 1. The summed E-state index contributed by atoms with van der Waals surface area (Å²) in [5.41, 5.74) is 1.19. The van der Waals surface area contributed by atoms with Crippen LogP contribution in [0.5, 0.6) is 5.75 Å². The van der Waals surface area contributed by atoms with Gasteiger partial charge in [-0.05, 0) is 29.8 Å². The van der Waals surface area contributed by atoms with Crippen molar-refractivity contribution in [2.45, 2.75) is 6.04 Å². The molecule has 0 radical (unpaired) electrons. The van der Waals surface area contributed by atoms with Crippen LogP contribution in [-0.4, -0.2) is 49.1 Å². The van der Waals surface area contributed by atoms with E-state index in [1.165, 1.54) is 19.1 Å².